The fourth-order valence-corrected chi connectivity index (χ4v) is 0.420. The van der Waals surface area contributed by atoms with E-state index in [9.17, 15) is 5.11 Å². The first kappa shape index (κ1) is 8.92. The highest BCUT2D eigenvalue weighted by atomic mass is 16.6. The van der Waals surface area contributed by atoms with Crippen LogP contribution in [0.25, 0.3) is 0 Å². The Morgan fingerprint density at radius 2 is 2.00 bits per heavy atom. The van der Waals surface area contributed by atoms with Gasteiger partial charge in [0.15, 0.2) is 6.79 Å². The van der Waals surface area contributed by atoms with E-state index in [1.165, 1.54) is 0 Å². The summed E-state index contributed by atoms with van der Waals surface area (Å²) in [5.74, 6) is 0. The van der Waals surface area contributed by atoms with Crippen LogP contribution in [0.5, 0.6) is 0 Å². The molecule has 0 aliphatic rings. The second kappa shape index (κ2) is 3.85. The first-order chi connectivity index (χ1) is 4.12. The molecule has 0 aliphatic heterocycles. The highest BCUT2D eigenvalue weighted by Crippen LogP contribution is 2.18. The minimum absolute atomic E-state index is 0.171. The molecule has 1 radical (unpaired) electrons. The molecule has 2 heteroatoms. The van der Waals surface area contributed by atoms with Gasteiger partial charge in [0.2, 0.25) is 0 Å². The van der Waals surface area contributed by atoms with E-state index < -0.39 is 6.79 Å². The molecule has 0 amide bonds. The van der Waals surface area contributed by atoms with Gasteiger partial charge in [0, 0.05) is 0 Å². The minimum atomic E-state index is -0.413. The van der Waals surface area contributed by atoms with Crippen LogP contribution >= 0.6 is 0 Å². The first-order valence-electron chi connectivity index (χ1n) is 3.28. The molecule has 0 atom stereocenters. The molecular formula is C7H15O2. The van der Waals surface area contributed by atoms with Crippen LogP contribution in [0, 0.1) is 5.41 Å². The van der Waals surface area contributed by atoms with Gasteiger partial charge in [0.1, 0.15) is 0 Å². The van der Waals surface area contributed by atoms with Gasteiger partial charge in [0.25, 0.3) is 0 Å². The fourth-order valence-electron chi connectivity index (χ4n) is 0.420. The van der Waals surface area contributed by atoms with Crippen LogP contribution in [-0.4, -0.2) is 13.4 Å². The zero-order valence-electron chi connectivity index (χ0n) is 6.44. The van der Waals surface area contributed by atoms with E-state index in [0.717, 1.165) is 6.42 Å². The van der Waals surface area contributed by atoms with E-state index in [1.807, 2.05) is 0 Å². The molecule has 0 saturated heterocycles. The van der Waals surface area contributed by atoms with Crippen LogP contribution in [-0.2, 0) is 9.84 Å². The predicted octanol–water partition coefficient (Wildman–Crippen LogP) is 1.83. The molecule has 0 heterocycles. The maximum Gasteiger partial charge on any atom is 0.180 e. The lowest BCUT2D eigenvalue weighted by atomic mass is 9.92. The summed E-state index contributed by atoms with van der Waals surface area (Å²) in [6.07, 6.45) is 1.05. The predicted molar refractivity (Wildman–Crippen MR) is 35.6 cm³/mol. The molecule has 0 spiro atoms. The van der Waals surface area contributed by atoms with Gasteiger partial charge >= 0.3 is 0 Å². The molecule has 0 aromatic heterocycles. The Hall–Kier alpha value is -0.0800. The van der Waals surface area contributed by atoms with E-state index in [4.69, 9.17) is 4.74 Å². The first-order valence-corrected chi connectivity index (χ1v) is 3.28. The quantitative estimate of drug-likeness (QED) is 0.535. The molecule has 0 saturated carbocycles. The van der Waals surface area contributed by atoms with Crippen molar-refractivity contribution in [1.29, 1.82) is 0 Å². The van der Waals surface area contributed by atoms with Crippen molar-refractivity contribution >= 4 is 0 Å². The minimum Gasteiger partial charge on any atom is -0.352 e. The van der Waals surface area contributed by atoms with Crippen molar-refractivity contribution in [2.75, 3.05) is 13.4 Å². The number of hydrogen-bond acceptors (Lipinski definition) is 1. The summed E-state index contributed by atoms with van der Waals surface area (Å²) in [7, 11) is 0. The van der Waals surface area contributed by atoms with Crippen LogP contribution < -0.4 is 0 Å². The Bertz CT molecular complexity index is 69.3. The molecule has 0 aromatic rings. The van der Waals surface area contributed by atoms with E-state index >= 15 is 0 Å². The van der Waals surface area contributed by atoms with E-state index in [-0.39, 0.29) is 5.41 Å². The highest BCUT2D eigenvalue weighted by molar-refractivity contribution is 4.63. The zero-order valence-corrected chi connectivity index (χ0v) is 6.44. The summed E-state index contributed by atoms with van der Waals surface area (Å²) in [5, 5.41) is 9.87. The van der Waals surface area contributed by atoms with Crippen molar-refractivity contribution in [2.24, 2.45) is 5.41 Å². The Morgan fingerprint density at radius 1 is 1.44 bits per heavy atom. The van der Waals surface area contributed by atoms with Gasteiger partial charge in [-0.25, -0.2) is 5.11 Å². The van der Waals surface area contributed by atoms with Gasteiger partial charge in [-0.2, -0.15) is 0 Å². The summed E-state index contributed by atoms with van der Waals surface area (Å²) in [6.45, 7) is 6.43. The Kier molecular flexibility index (Phi) is 3.82. The van der Waals surface area contributed by atoms with E-state index in [0.29, 0.717) is 6.61 Å². The normalized spacial score (nSPS) is 12.0. The van der Waals surface area contributed by atoms with Gasteiger partial charge in [-0.1, -0.05) is 20.8 Å². The van der Waals surface area contributed by atoms with Gasteiger partial charge in [0.05, 0.1) is 6.61 Å². The Labute approximate surface area is 56.8 Å². The van der Waals surface area contributed by atoms with Crippen LogP contribution in [0.2, 0.25) is 0 Å². The van der Waals surface area contributed by atoms with Crippen molar-refractivity contribution in [3.63, 3.8) is 0 Å². The molecule has 0 unspecified atom stereocenters. The third kappa shape index (κ3) is 4.43. The van der Waals surface area contributed by atoms with Crippen molar-refractivity contribution in [3.05, 3.63) is 0 Å². The number of hydrogen-bond donors (Lipinski definition) is 0. The largest absolute Gasteiger partial charge is 0.352 e. The van der Waals surface area contributed by atoms with Gasteiger partial charge in [-0.15, -0.1) is 0 Å². The van der Waals surface area contributed by atoms with Crippen LogP contribution in [0.15, 0.2) is 0 Å². The van der Waals surface area contributed by atoms with Crippen LogP contribution in [0.3, 0.4) is 0 Å². The molecule has 0 N–H and O–H groups in total. The number of rotatable bonds is 4. The molecule has 0 aliphatic carbocycles. The zero-order chi connectivity index (χ0) is 7.33. The maximum absolute atomic E-state index is 9.87. The molecule has 0 aromatic carbocycles. The average Bonchev–Trinajstić information content (AvgIpc) is 1.84. The smallest absolute Gasteiger partial charge is 0.180 e. The lowest BCUT2D eigenvalue weighted by molar-refractivity contribution is -0.0703. The molecule has 0 bridgehead atoms. The Morgan fingerprint density at radius 3 is 2.33 bits per heavy atom. The third-order valence-electron chi connectivity index (χ3n) is 1.53. The fraction of sp³-hybridized carbons (Fsp3) is 1.00. The summed E-state index contributed by atoms with van der Waals surface area (Å²) in [5.41, 5.74) is 0.171. The lowest BCUT2D eigenvalue weighted by Gasteiger charge is -2.20. The van der Waals surface area contributed by atoms with Crippen LogP contribution in [0.1, 0.15) is 27.2 Å². The van der Waals surface area contributed by atoms with Gasteiger partial charge in [-0.05, 0) is 11.8 Å². The molecule has 9 heavy (non-hydrogen) atoms. The average molecular weight is 131 g/mol. The van der Waals surface area contributed by atoms with E-state index in [2.05, 4.69) is 20.8 Å². The topological polar surface area (TPSA) is 29.1 Å². The second-order valence-electron chi connectivity index (χ2n) is 2.98. The molecule has 0 fully saturated rings. The Balaban J connectivity index is 3.33. The van der Waals surface area contributed by atoms with Gasteiger partial charge < -0.3 is 4.74 Å². The van der Waals surface area contributed by atoms with Crippen LogP contribution in [0.4, 0.5) is 0 Å². The van der Waals surface area contributed by atoms with Gasteiger partial charge in [-0.3, -0.25) is 0 Å². The van der Waals surface area contributed by atoms with E-state index in [1.54, 1.807) is 0 Å². The summed E-state index contributed by atoms with van der Waals surface area (Å²) >= 11 is 0. The second-order valence-corrected chi connectivity index (χ2v) is 2.98. The maximum atomic E-state index is 9.87. The SMILES string of the molecule is CCC(C)(C)COC[O]. The highest BCUT2D eigenvalue weighted by Gasteiger charge is 2.14. The lowest BCUT2D eigenvalue weighted by Crippen LogP contribution is -2.17. The molecule has 2 nitrogen and oxygen atoms in total. The molecular weight excluding hydrogens is 116 g/mol. The summed E-state index contributed by atoms with van der Waals surface area (Å²) in [6, 6.07) is 0. The monoisotopic (exact) mass is 131 g/mol. The van der Waals surface area contributed by atoms with Crippen molar-refractivity contribution in [3.8, 4) is 0 Å². The summed E-state index contributed by atoms with van der Waals surface area (Å²) in [4.78, 5) is 0. The molecule has 0 rings (SSSR count). The van der Waals surface area contributed by atoms with Crippen molar-refractivity contribution < 1.29 is 9.84 Å². The van der Waals surface area contributed by atoms with Crippen molar-refractivity contribution in [1.82, 2.24) is 0 Å². The molecule has 55 valence electrons. The number of ether oxygens (including phenoxy) is 1. The van der Waals surface area contributed by atoms with Crippen molar-refractivity contribution in [2.45, 2.75) is 27.2 Å². The summed E-state index contributed by atoms with van der Waals surface area (Å²) < 4.78 is 4.73. The third-order valence-corrected chi connectivity index (χ3v) is 1.53. The standard InChI is InChI=1S/C7H15O2/c1-4-7(2,3)5-9-6-8/h4-6H2,1-3H3.